The molecule has 1 fully saturated rings. The van der Waals surface area contributed by atoms with Crippen molar-refractivity contribution in [3.8, 4) is 5.75 Å². The summed E-state index contributed by atoms with van der Waals surface area (Å²) < 4.78 is 46.9. The summed E-state index contributed by atoms with van der Waals surface area (Å²) in [4.78, 5) is 1.39. The second kappa shape index (κ2) is 4.16. The molecule has 0 radical (unpaired) electrons. The van der Waals surface area contributed by atoms with Crippen molar-refractivity contribution in [2.45, 2.75) is 18.2 Å². The van der Waals surface area contributed by atoms with Crippen LogP contribution in [0.15, 0.2) is 0 Å². The highest BCUT2D eigenvalue weighted by Gasteiger charge is 2.57. The van der Waals surface area contributed by atoms with E-state index in [1.807, 2.05) is 0 Å². The Morgan fingerprint density at radius 1 is 1.56 bits per heavy atom. The maximum Gasteiger partial charge on any atom is 0.418 e. The smallest absolute Gasteiger partial charge is 0.418 e. The lowest BCUT2D eigenvalue weighted by molar-refractivity contribution is -0.250. The Morgan fingerprint density at radius 3 is 2.72 bits per heavy atom. The number of aromatic nitrogens is 1. The molecule has 0 aromatic carbocycles. The normalized spacial score (nSPS) is 24.6. The first-order chi connectivity index (χ1) is 8.28. The first-order valence-electron chi connectivity index (χ1n) is 5.12. The molecule has 18 heavy (non-hydrogen) atoms. The number of halogens is 3. The highest BCUT2D eigenvalue weighted by molar-refractivity contribution is 7.11. The summed E-state index contributed by atoms with van der Waals surface area (Å²) in [6, 6.07) is 0. The molecule has 5 nitrogen and oxygen atoms in total. The molecule has 1 aliphatic heterocycles. The molecule has 9 heteroatoms. The average Bonchev–Trinajstić information content (AvgIpc) is 2.81. The minimum absolute atomic E-state index is 0.0774. The number of methoxy groups -OCH3 is 1. The summed E-state index contributed by atoms with van der Waals surface area (Å²) in [5, 5.41) is 9.99. The molecule has 0 spiro atoms. The molecule has 0 bridgehead atoms. The molecule has 3 N–H and O–H groups in total. The third kappa shape index (κ3) is 1.97. The van der Waals surface area contributed by atoms with Crippen LogP contribution in [-0.2, 0) is 0 Å². The summed E-state index contributed by atoms with van der Waals surface area (Å²) >= 11 is 0.957. The van der Waals surface area contributed by atoms with Crippen LogP contribution in [0.1, 0.15) is 6.42 Å². The van der Waals surface area contributed by atoms with Crippen LogP contribution < -0.4 is 15.4 Å². The molecule has 2 heterocycles. The number of rotatable bonds is 2. The van der Waals surface area contributed by atoms with Gasteiger partial charge in [-0.25, -0.2) is 0 Å². The molecule has 1 unspecified atom stereocenters. The number of aliphatic hydroxyl groups is 1. The van der Waals surface area contributed by atoms with Gasteiger partial charge in [0.15, 0.2) is 22.2 Å². The Hall–Kier alpha value is -1.22. The second-order valence-electron chi connectivity index (χ2n) is 4.11. The van der Waals surface area contributed by atoms with Gasteiger partial charge in [-0.05, 0) is 11.5 Å². The van der Waals surface area contributed by atoms with Gasteiger partial charge in [0.2, 0.25) is 0 Å². The Morgan fingerprint density at radius 2 is 2.22 bits per heavy atom. The average molecular weight is 283 g/mol. The minimum atomic E-state index is -4.65. The van der Waals surface area contributed by atoms with E-state index in [0.717, 1.165) is 11.5 Å². The minimum Gasteiger partial charge on any atom is -0.490 e. The predicted octanol–water partition coefficient (Wildman–Crippen LogP) is 1.24. The van der Waals surface area contributed by atoms with E-state index in [-0.39, 0.29) is 24.5 Å². The van der Waals surface area contributed by atoms with Gasteiger partial charge in [-0.15, -0.1) is 0 Å². The molecule has 102 valence electrons. The number of anilines is 2. The van der Waals surface area contributed by atoms with E-state index in [9.17, 15) is 18.3 Å². The Bertz CT molecular complexity index is 451. The zero-order valence-corrected chi connectivity index (χ0v) is 10.3. The largest absolute Gasteiger partial charge is 0.490 e. The van der Waals surface area contributed by atoms with Crippen LogP contribution in [0.3, 0.4) is 0 Å². The molecule has 2 rings (SSSR count). The van der Waals surface area contributed by atoms with Crippen molar-refractivity contribution in [1.29, 1.82) is 0 Å². The molecular formula is C9H12F3N3O2S. The van der Waals surface area contributed by atoms with Gasteiger partial charge in [0.05, 0.1) is 13.7 Å². The van der Waals surface area contributed by atoms with Crippen molar-refractivity contribution in [2.24, 2.45) is 0 Å². The topological polar surface area (TPSA) is 71.6 Å². The second-order valence-corrected chi connectivity index (χ2v) is 4.86. The molecule has 1 aliphatic rings. The van der Waals surface area contributed by atoms with Crippen LogP contribution in [0.2, 0.25) is 0 Å². The highest BCUT2D eigenvalue weighted by Crippen LogP contribution is 2.44. The lowest BCUT2D eigenvalue weighted by atomic mass is 10.0. The third-order valence-corrected chi connectivity index (χ3v) is 3.83. The molecular weight excluding hydrogens is 271 g/mol. The SMILES string of the molecule is COc1c(N)nsc1N1CCC(O)(C(F)(F)F)C1. The number of ether oxygens (including phenoxy) is 1. The van der Waals surface area contributed by atoms with Gasteiger partial charge >= 0.3 is 6.18 Å². The summed E-state index contributed by atoms with van der Waals surface area (Å²) in [6.45, 7) is -0.456. The van der Waals surface area contributed by atoms with Crippen molar-refractivity contribution < 1.29 is 23.0 Å². The van der Waals surface area contributed by atoms with Crippen LogP contribution in [0.5, 0.6) is 5.75 Å². The molecule has 1 atom stereocenters. The van der Waals surface area contributed by atoms with E-state index in [1.54, 1.807) is 0 Å². The van der Waals surface area contributed by atoms with E-state index < -0.39 is 18.3 Å². The number of nitrogens with zero attached hydrogens (tertiary/aromatic N) is 2. The molecule has 0 amide bonds. The fourth-order valence-electron chi connectivity index (χ4n) is 1.88. The number of nitrogen functional groups attached to an aromatic ring is 1. The first kappa shape index (κ1) is 13.2. The zero-order valence-electron chi connectivity index (χ0n) is 9.49. The van der Waals surface area contributed by atoms with E-state index in [0.29, 0.717) is 5.00 Å². The van der Waals surface area contributed by atoms with Gasteiger partial charge in [-0.2, -0.15) is 17.5 Å². The highest BCUT2D eigenvalue weighted by atomic mass is 32.1. The van der Waals surface area contributed by atoms with Crippen LogP contribution in [0, 0.1) is 0 Å². The van der Waals surface area contributed by atoms with Crippen LogP contribution >= 0.6 is 11.5 Å². The Kier molecular flexibility index (Phi) is 3.06. The Balaban J connectivity index is 2.23. The number of β-amino-alcohol motifs (C(OH)–C–C–N with tert-alkyl or cyclic N) is 1. The van der Waals surface area contributed by atoms with Gasteiger partial charge in [0.25, 0.3) is 0 Å². The third-order valence-electron chi connectivity index (χ3n) is 2.92. The molecule has 0 saturated carbocycles. The summed E-state index contributed by atoms with van der Waals surface area (Å²) in [5.74, 6) is 0.395. The van der Waals surface area contributed by atoms with Crippen molar-refractivity contribution >= 4 is 22.4 Å². The van der Waals surface area contributed by atoms with Gasteiger partial charge in [-0.1, -0.05) is 0 Å². The van der Waals surface area contributed by atoms with Gasteiger partial charge < -0.3 is 20.5 Å². The molecule has 0 aliphatic carbocycles. The first-order valence-corrected chi connectivity index (χ1v) is 5.89. The van der Waals surface area contributed by atoms with E-state index in [2.05, 4.69) is 4.37 Å². The van der Waals surface area contributed by atoms with Crippen molar-refractivity contribution in [1.82, 2.24) is 4.37 Å². The quantitative estimate of drug-likeness (QED) is 0.854. The van der Waals surface area contributed by atoms with E-state index in [1.165, 1.54) is 12.0 Å². The van der Waals surface area contributed by atoms with Crippen LogP contribution in [0.4, 0.5) is 24.0 Å². The number of alkyl halides is 3. The van der Waals surface area contributed by atoms with Crippen molar-refractivity contribution in [3.05, 3.63) is 0 Å². The van der Waals surface area contributed by atoms with E-state index >= 15 is 0 Å². The van der Waals surface area contributed by atoms with Gasteiger partial charge in [0.1, 0.15) is 0 Å². The zero-order chi connectivity index (χ0) is 13.6. The van der Waals surface area contributed by atoms with E-state index in [4.69, 9.17) is 10.5 Å². The van der Waals surface area contributed by atoms with Crippen LogP contribution in [-0.4, -0.2) is 41.5 Å². The number of nitrogens with two attached hydrogens (primary N) is 1. The van der Waals surface area contributed by atoms with Gasteiger partial charge in [0, 0.05) is 13.0 Å². The Labute approximate surface area is 105 Å². The molecule has 1 aromatic rings. The maximum absolute atomic E-state index is 12.7. The summed E-state index contributed by atoms with van der Waals surface area (Å²) in [6.07, 6.45) is -5.03. The fraction of sp³-hybridized carbons (Fsp3) is 0.667. The lowest BCUT2D eigenvalue weighted by Gasteiger charge is -2.26. The molecule has 1 saturated heterocycles. The monoisotopic (exact) mass is 283 g/mol. The summed E-state index contributed by atoms with van der Waals surface area (Å²) in [7, 11) is 1.37. The van der Waals surface area contributed by atoms with Crippen molar-refractivity contribution in [2.75, 3.05) is 30.8 Å². The fourth-order valence-corrected chi connectivity index (χ4v) is 2.69. The van der Waals surface area contributed by atoms with Gasteiger partial charge in [-0.3, -0.25) is 0 Å². The van der Waals surface area contributed by atoms with Crippen molar-refractivity contribution in [3.63, 3.8) is 0 Å². The number of hydrogen-bond acceptors (Lipinski definition) is 6. The van der Waals surface area contributed by atoms with Crippen LogP contribution in [0.25, 0.3) is 0 Å². The maximum atomic E-state index is 12.7. The number of hydrogen-bond donors (Lipinski definition) is 2. The molecule has 1 aromatic heterocycles. The predicted molar refractivity (Wildman–Crippen MR) is 60.9 cm³/mol. The standard InChI is InChI=1S/C9H12F3N3O2S/c1-17-5-6(13)14-18-7(5)15-3-2-8(16,4-15)9(10,11)12/h16H,2-4H2,1H3,(H2,13,14). The summed E-state index contributed by atoms with van der Waals surface area (Å²) in [5.41, 5.74) is 2.85. The lowest BCUT2D eigenvalue weighted by Crippen LogP contribution is -2.47.